The summed E-state index contributed by atoms with van der Waals surface area (Å²) < 4.78 is 5.32. The summed E-state index contributed by atoms with van der Waals surface area (Å²) in [7, 11) is 0. The summed E-state index contributed by atoms with van der Waals surface area (Å²) >= 11 is 0. The van der Waals surface area contributed by atoms with Gasteiger partial charge in [-0.05, 0) is 31.2 Å². The lowest BCUT2D eigenvalue weighted by atomic mass is 10.3. The maximum atomic E-state index is 11.7. The zero-order chi connectivity index (χ0) is 12.1. The third kappa shape index (κ3) is 2.96. The number of carbonyl (C=O) groups excluding carboxylic acids is 1. The first-order valence-corrected chi connectivity index (χ1v) is 5.62. The van der Waals surface area contributed by atoms with Crippen molar-refractivity contribution in [2.24, 2.45) is 4.99 Å². The Morgan fingerprint density at radius 2 is 2.24 bits per heavy atom. The number of rotatable bonds is 4. The molecular formula is C12H15N3O2. The van der Waals surface area contributed by atoms with Crippen molar-refractivity contribution in [3.63, 3.8) is 0 Å². The molecule has 0 atom stereocenters. The first-order valence-electron chi connectivity index (χ1n) is 5.62. The standard InChI is InChI=1S/C12H15N3O2/c1-2-17-10-5-3-9(4-6-10)15-12(16)11-13-7-8-14-11/h3-6H,2,7-8H2,1H3,(H,13,14)(H,15,16). The van der Waals surface area contributed by atoms with Crippen LogP contribution in [0.1, 0.15) is 6.92 Å². The minimum absolute atomic E-state index is 0.202. The van der Waals surface area contributed by atoms with Crippen LogP contribution in [0.4, 0.5) is 5.69 Å². The van der Waals surface area contributed by atoms with E-state index >= 15 is 0 Å². The molecule has 0 radical (unpaired) electrons. The van der Waals surface area contributed by atoms with E-state index in [1.165, 1.54) is 0 Å². The van der Waals surface area contributed by atoms with Crippen molar-refractivity contribution in [2.45, 2.75) is 6.92 Å². The van der Waals surface area contributed by atoms with Gasteiger partial charge in [-0.15, -0.1) is 0 Å². The normalized spacial score (nSPS) is 13.8. The first kappa shape index (κ1) is 11.4. The average Bonchev–Trinajstić information content (AvgIpc) is 2.86. The van der Waals surface area contributed by atoms with E-state index in [1.807, 2.05) is 19.1 Å². The average molecular weight is 233 g/mol. The van der Waals surface area contributed by atoms with Gasteiger partial charge in [-0.1, -0.05) is 0 Å². The predicted octanol–water partition coefficient (Wildman–Crippen LogP) is 1.03. The molecule has 0 fully saturated rings. The van der Waals surface area contributed by atoms with Gasteiger partial charge in [-0.25, -0.2) is 0 Å². The molecule has 17 heavy (non-hydrogen) atoms. The van der Waals surface area contributed by atoms with Gasteiger partial charge >= 0.3 is 0 Å². The van der Waals surface area contributed by atoms with Gasteiger partial charge in [-0.3, -0.25) is 9.79 Å². The van der Waals surface area contributed by atoms with Gasteiger partial charge in [0, 0.05) is 12.2 Å². The van der Waals surface area contributed by atoms with E-state index in [1.54, 1.807) is 12.1 Å². The number of benzene rings is 1. The molecule has 2 N–H and O–H groups in total. The lowest BCUT2D eigenvalue weighted by molar-refractivity contribution is -0.110. The number of hydrogen-bond acceptors (Lipinski definition) is 4. The highest BCUT2D eigenvalue weighted by Gasteiger charge is 2.14. The molecule has 90 valence electrons. The number of carbonyl (C=O) groups is 1. The second-order valence-corrected chi connectivity index (χ2v) is 3.57. The number of ether oxygens (including phenoxy) is 1. The molecule has 1 aromatic rings. The number of amides is 1. The van der Waals surface area contributed by atoms with Gasteiger partial charge in [-0.2, -0.15) is 0 Å². The molecule has 0 unspecified atom stereocenters. The van der Waals surface area contributed by atoms with Crippen molar-refractivity contribution in [1.82, 2.24) is 5.32 Å². The number of anilines is 1. The van der Waals surface area contributed by atoms with Gasteiger partial charge in [0.25, 0.3) is 5.91 Å². The molecule has 1 aromatic carbocycles. The number of nitrogens with one attached hydrogen (secondary N) is 2. The van der Waals surface area contributed by atoms with E-state index in [9.17, 15) is 4.79 Å². The van der Waals surface area contributed by atoms with Crippen LogP contribution in [0.25, 0.3) is 0 Å². The molecule has 5 heteroatoms. The van der Waals surface area contributed by atoms with E-state index in [4.69, 9.17) is 4.74 Å². The van der Waals surface area contributed by atoms with Crippen molar-refractivity contribution >= 4 is 17.4 Å². The second-order valence-electron chi connectivity index (χ2n) is 3.57. The number of aliphatic imine (C=N–C) groups is 1. The number of nitrogens with zero attached hydrogens (tertiary/aromatic N) is 1. The summed E-state index contributed by atoms with van der Waals surface area (Å²) in [6.07, 6.45) is 0. The van der Waals surface area contributed by atoms with Gasteiger partial charge in [0.05, 0.1) is 13.2 Å². The van der Waals surface area contributed by atoms with Crippen LogP contribution >= 0.6 is 0 Å². The van der Waals surface area contributed by atoms with Gasteiger partial charge in [0.2, 0.25) is 0 Å². The third-order valence-corrected chi connectivity index (χ3v) is 2.31. The highest BCUT2D eigenvalue weighted by Crippen LogP contribution is 2.15. The molecule has 0 spiro atoms. The number of hydrogen-bond donors (Lipinski definition) is 2. The molecule has 1 aliphatic rings. The van der Waals surface area contributed by atoms with E-state index in [0.717, 1.165) is 18.0 Å². The molecule has 0 saturated carbocycles. The molecule has 5 nitrogen and oxygen atoms in total. The summed E-state index contributed by atoms with van der Waals surface area (Å²) in [5, 5.41) is 5.69. The van der Waals surface area contributed by atoms with Crippen molar-refractivity contribution in [3.05, 3.63) is 24.3 Å². The Kier molecular flexibility index (Phi) is 3.59. The molecule has 1 heterocycles. The number of amidine groups is 1. The fourth-order valence-electron chi connectivity index (χ4n) is 1.54. The van der Waals surface area contributed by atoms with Crippen LogP contribution in [0.15, 0.2) is 29.3 Å². The quantitative estimate of drug-likeness (QED) is 0.816. The maximum absolute atomic E-state index is 11.7. The van der Waals surface area contributed by atoms with Crippen LogP contribution in [0.3, 0.4) is 0 Å². The maximum Gasteiger partial charge on any atom is 0.290 e. The summed E-state index contributed by atoms with van der Waals surface area (Å²) in [5.74, 6) is 0.993. The van der Waals surface area contributed by atoms with E-state index in [0.29, 0.717) is 19.0 Å². The monoisotopic (exact) mass is 233 g/mol. The largest absolute Gasteiger partial charge is 0.494 e. The minimum Gasteiger partial charge on any atom is -0.494 e. The van der Waals surface area contributed by atoms with Crippen LogP contribution in [0.5, 0.6) is 5.75 Å². The Morgan fingerprint density at radius 1 is 1.47 bits per heavy atom. The summed E-state index contributed by atoms with van der Waals surface area (Å²) in [5.41, 5.74) is 0.731. The van der Waals surface area contributed by atoms with Crippen LogP contribution in [0, 0.1) is 0 Å². The third-order valence-electron chi connectivity index (χ3n) is 2.31. The summed E-state index contributed by atoms with van der Waals surface area (Å²) in [4.78, 5) is 15.7. The van der Waals surface area contributed by atoms with Crippen molar-refractivity contribution in [2.75, 3.05) is 25.0 Å². The van der Waals surface area contributed by atoms with Crippen LogP contribution < -0.4 is 15.4 Å². The second kappa shape index (κ2) is 5.34. The van der Waals surface area contributed by atoms with Gasteiger partial charge in [0.15, 0.2) is 5.84 Å². The zero-order valence-corrected chi connectivity index (χ0v) is 9.69. The Balaban J connectivity index is 1.96. The van der Waals surface area contributed by atoms with Crippen molar-refractivity contribution in [3.8, 4) is 5.75 Å². The Labute approximate surface area is 99.9 Å². The zero-order valence-electron chi connectivity index (χ0n) is 9.69. The Bertz CT molecular complexity index is 426. The molecule has 1 amide bonds. The molecule has 1 aliphatic heterocycles. The van der Waals surface area contributed by atoms with Gasteiger partial charge < -0.3 is 15.4 Å². The summed E-state index contributed by atoms with van der Waals surface area (Å²) in [6.45, 7) is 3.95. The predicted molar refractivity (Wildman–Crippen MR) is 66.5 cm³/mol. The highest BCUT2D eigenvalue weighted by molar-refractivity contribution is 6.42. The molecule has 2 rings (SSSR count). The highest BCUT2D eigenvalue weighted by atomic mass is 16.5. The fraction of sp³-hybridized carbons (Fsp3) is 0.333. The molecular weight excluding hydrogens is 218 g/mol. The lowest BCUT2D eigenvalue weighted by Crippen LogP contribution is -2.32. The molecule has 0 aliphatic carbocycles. The first-order chi connectivity index (χ1) is 8.29. The fourth-order valence-corrected chi connectivity index (χ4v) is 1.54. The van der Waals surface area contributed by atoms with Crippen LogP contribution in [-0.4, -0.2) is 31.4 Å². The van der Waals surface area contributed by atoms with Crippen LogP contribution in [-0.2, 0) is 4.79 Å². The molecule has 0 bridgehead atoms. The van der Waals surface area contributed by atoms with E-state index in [2.05, 4.69) is 15.6 Å². The smallest absolute Gasteiger partial charge is 0.290 e. The SMILES string of the molecule is CCOc1ccc(NC(=O)C2=NCCN2)cc1. The molecule has 0 aromatic heterocycles. The lowest BCUT2D eigenvalue weighted by Gasteiger charge is -2.07. The minimum atomic E-state index is -0.202. The van der Waals surface area contributed by atoms with E-state index < -0.39 is 0 Å². The topological polar surface area (TPSA) is 62.7 Å². The Morgan fingerprint density at radius 3 is 2.82 bits per heavy atom. The van der Waals surface area contributed by atoms with Crippen molar-refractivity contribution in [1.29, 1.82) is 0 Å². The van der Waals surface area contributed by atoms with Crippen molar-refractivity contribution < 1.29 is 9.53 Å². The molecule has 0 saturated heterocycles. The Hall–Kier alpha value is -2.04. The van der Waals surface area contributed by atoms with Gasteiger partial charge in [0.1, 0.15) is 5.75 Å². The summed E-state index contributed by atoms with van der Waals surface area (Å²) in [6, 6.07) is 7.25. The van der Waals surface area contributed by atoms with E-state index in [-0.39, 0.29) is 5.91 Å². The van der Waals surface area contributed by atoms with Crippen LogP contribution in [0.2, 0.25) is 0 Å².